The molecule has 2 amide bonds. The first kappa shape index (κ1) is 24.5. The topological polar surface area (TPSA) is 116 Å². The maximum absolute atomic E-state index is 14.0. The molecule has 0 spiro atoms. The molecule has 0 radical (unpaired) electrons. The van der Waals surface area contributed by atoms with Crippen molar-refractivity contribution in [2.75, 3.05) is 13.2 Å². The fraction of sp³-hybridized carbons (Fsp3) is 0.375. The van der Waals surface area contributed by atoms with E-state index >= 15 is 0 Å². The summed E-state index contributed by atoms with van der Waals surface area (Å²) in [6.45, 7) is -0.434. The summed E-state index contributed by atoms with van der Waals surface area (Å²) in [5, 5.41) is 20.6. The standard InChI is InChI=1S/C24H23F3N2O6/c1-23(24(25,26)27,21(33)29-11-13(30)10-19(29)20(31)32)28-22(34)35-12-18-16-8-4-2-6-14(16)15-7-3-5-9-17(15)18/h2-9,13,18-19,30H,10-12H2,1H3,(H,28,34)(H,31,32)/t13-,19-,23?/m0/s1. The Morgan fingerprint density at radius 3 is 2.11 bits per heavy atom. The molecule has 1 unspecified atom stereocenters. The Morgan fingerprint density at radius 1 is 1.06 bits per heavy atom. The van der Waals surface area contributed by atoms with Gasteiger partial charge in [0.15, 0.2) is 0 Å². The summed E-state index contributed by atoms with van der Waals surface area (Å²) < 4.78 is 47.2. The van der Waals surface area contributed by atoms with Gasteiger partial charge in [-0.15, -0.1) is 0 Å². The second kappa shape index (κ2) is 8.88. The van der Waals surface area contributed by atoms with Gasteiger partial charge >= 0.3 is 18.2 Å². The number of amides is 2. The lowest BCUT2D eigenvalue weighted by atomic mass is 9.98. The number of rotatable bonds is 5. The predicted octanol–water partition coefficient (Wildman–Crippen LogP) is 2.89. The molecule has 2 aromatic carbocycles. The quantitative estimate of drug-likeness (QED) is 0.591. The molecule has 2 aliphatic rings. The molecule has 1 saturated heterocycles. The average molecular weight is 492 g/mol. The van der Waals surface area contributed by atoms with Gasteiger partial charge in [-0.1, -0.05) is 48.5 Å². The summed E-state index contributed by atoms with van der Waals surface area (Å²) in [6.07, 6.45) is -8.47. The number of benzene rings is 2. The van der Waals surface area contributed by atoms with Crippen LogP contribution in [0.15, 0.2) is 48.5 Å². The molecule has 1 fully saturated rings. The molecule has 3 N–H and O–H groups in total. The number of carbonyl (C=O) groups is 3. The highest BCUT2D eigenvalue weighted by Crippen LogP contribution is 2.44. The third-order valence-corrected chi connectivity index (χ3v) is 6.52. The molecule has 1 heterocycles. The zero-order valence-corrected chi connectivity index (χ0v) is 18.6. The van der Waals surface area contributed by atoms with Crippen molar-refractivity contribution in [3.63, 3.8) is 0 Å². The number of carboxylic acids is 1. The number of ether oxygens (including phenoxy) is 1. The van der Waals surface area contributed by atoms with E-state index in [1.54, 1.807) is 17.4 Å². The molecular formula is C24H23F3N2O6. The molecule has 1 aliphatic carbocycles. The number of aliphatic hydroxyl groups is 1. The number of alkyl carbamates (subject to hydrolysis) is 1. The van der Waals surface area contributed by atoms with Crippen molar-refractivity contribution in [1.82, 2.24) is 10.2 Å². The smallest absolute Gasteiger partial charge is 0.420 e. The number of fused-ring (bicyclic) bond motifs is 3. The highest BCUT2D eigenvalue weighted by atomic mass is 19.4. The number of aliphatic carboxylic acids is 1. The average Bonchev–Trinajstić information content (AvgIpc) is 3.34. The Labute approximate surface area is 198 Å². The Bertz CT molecular complexity index is 1120. The molecule has 3 atom stereocenters. The maximum Gasteiger partial charge on any atom is 0.420 e. The first-order chi connectivity index (χ1) is 16.4. The summed E-state index contributed by atoms with van der Waals surface area (Å²) in [4.78, 5) is 37.2. The largest absolute Gasteiger partial charge is 0.480 e. The van der Waals surface area contributed by atoms with E-state index in [-0.39, 0.29) is 6.61 Å². The Kier molecular flexibility index (Phi) is 6.22. The van der Waals surface area contributed by atoms with E-state index in [0.29, 0.717) is 11.8 Å². The molecule has 186 valence electrons. The van der Waals surface area contributed by atoms with Crippen molar-refractivity contribution in [2.24, 2.45) is 0 Å². The van der Waals surface area contributed by atoms with Gasteiger partial charge in [-0.05, 0) is 29.2 Å². The number of carbonyl (C=O) groups excluding carboxylic acids is 2. The van der Waals surface area contributed by atoms with Gasteiger partial charge in [-0.3, -0.25) is 10.1 Å². The highest BCUT2D eigenvalue weighted by molar-refractivity contribution is 5.93. The van der Waals surface area contributed by atoms with E-state index in [9.17, 15) is 37.8 Å². The van der Waals surface area contributed by atoms with E-state index in [2.05, 4.69) is 0 Å². The number of β-amino-alcohol motifs (C(OH)–C–C–N with tert-alkyl or cyclic N) is 1. The minimum Gasteiger partial charge on any atom is -0.480 e. The third-order valence-electron chi connectivity index (χ3n) is 6.52. The summed E-state index contributed by atoms with van der Waals surface area (Å²) in [7, 11) is 0. The second-order valence-electron chi connectivity index (χ2n) is 8.77. The van der Waals surface area contributed by atoms with E-state index in [1.165, 1.54) is 0 Å². The molecule has 0 aromatic heterocycles. The highest BCUT2D eigenvalue weighted by Gasteiger charge is 2.61. The summed E-state index contributed by atoms with van der Waals surface area (Å²) in [5.74, 6) is -3.66. The number of hydrogen-bond donors (Lipinski definition) is 3. The third kappa shape index (κ3) is 4.31. The number of likely N-dealkylation sites (tertiary alicyclic amines) is 1. The van der Waals surface area contributed by atoms with Gasteiger partial charge in [0, 0.05) is 18.9 Å². The summed E-state index contributed by atoms with van der Waals surface area (Å²) in [6, 6.07) is 13.2. The molecule has 0 saturated carbocycles. The van der Waals surface area contributed by atoms with Crippen LogP contribution in [-0.2, 0) is 14.3 Å². The zero-order chi connectivity index (χ0) is 25.5. The van der Waals surface area contributed by atoms with E-state index < -0.39 is 60.7 Å². The van der Waals surface area contributed by atoms with Crippen LogP contribution >= 0.6 is 0 Å². The van der Waals surface area contributed by atoms with Crippen LogP contribution in [0.4, 0.5) is 18.0 Å². The minimum absolute atomic E-state index is 0.276. The van der Waals surface area contributed by atoms with Gasteiger partial charge in [-0.25, -0.2) is 9.59 Å². The molecule has 2 aromatic rings. The van der Waals surface area contributed by atoms with Crippen molar-refractivity contribution >= 4 is 18.0 Å². The molecule has 0 bridgehead atoms. The van der Waals surface area contributed by atoms with Crippen LogP contribution in [0.3, 0.4) is 0 Å². The number of hydrogen-bond acceptors (Lipinski definition) is 5. The van der Waals surface area contributed by atoms with Crippen molar-refractivity contribution in [3.05, 3.63) is 59.7 Å². The maximum atomic E-state index is 14.0. The normalized spacial score (nSPS) is 21.1. The minimum atomic E-state index is -5.27. The van der Waals surface area contributed by atoms with Crippen LogP contribution in [0.2, 0.25) is 0 Å². The Hall–Kier alpha value is -3.60. The zero-order valence-electron chi connectivity index (χ0n) is 18.6. The van der Waals surface area contributed by atoms with Crippen LogP contribution < -0.4 is 5.32 Å². The molecular weight excluding hydrogens is 469 g/mol. The molecule has 1 aliphatic heterocycles. The molecule has 4 rings (SSSR count). The number of halogens is 3. The predicted molar refractivity (Wildman–Crippen MR) is 116 cm³/mol. The van der Waals surface area contributed by atoms with E-state index in [0.717, 1.165) is 22.3 Å². The second-order valence-corrected chi connectivity index (χ2v) is 8.77. The van der Waals surface area contributed by atoms with Gasteiger partial charge in [0.25, 0.3) is 5.91 Å². The van der Waals surface area contributed by atoms with Gasteiger partial charge in [0.05, 0.1) is 6.10 Å². The van der Waals surface area contributed by atoms with Gasteiger partial charge in [0.2, 0.25) is 5.54 Å². The van der Waals surface area contributed by atoms with Crippen LogP contribution in [-0.4, -0.2) is 70.1 Å². The number of nitrogens with one attached hydrogen (secondary N) is 1. The SMILES string of the molecule is CC(NC(=O)OCC1c2ccccc2-c2ccccc21)(C(=O)N1C[C@@H](O)C[C@H]1C(=O)O)C(F)(F)F. The van der Waals surface area contributed by atoms with Gasteiger partial charge < -0.3 is 19.8 Å². The van der Waals surface area contributed by atoms with Crippen molar-refractivity contribution in [3.8, 4) is 11.1 Å². The van der Waals surface area contributed by atoms with Gasteiger partial charge in [-0.2, -0.15) is 13.2 Å². The van der Waals surface area contributed by atoms with Crippen LogP contribution in [0.5, 0.6) is 0 Å². The first-order valence-corrected chi connectivity index (χ1v) is 10.9. The Morgan fingerprint density at radius 2 is 1.60 bits per heavy atom. The van der Waals surface area contributed by atoms with Gasteiger partial charge in [0.1, 0.15) is 12.6 Å². The lowest BCUT2D eigenvalue weighted by molar-refractivity contribution is -0.201. The summed E-state index contributed by atoms with van der Waals surface area (Å²) >= 11 is 0. The summed E-state index contributed by atoms with van der Waals surface area (Å²) in [5.41, 5.74) is 0.102. The lowest BCUT2D eigenvalue weighted by Crippen LogP contribution is -2.67. The fourth-order valence-corrected chi connectivity index (χ4v) is 4.64. The van der Waals surface area contributed by atoms with E-state index in [4.69, 9.17) is 4.74 Å². The first-order valence-electron chi connectivity index (χ1n) is 10.9. The lowest BCUT2D eigenvalue weighted by Gasteiger charge is -2.35. The number of carboxylic acid groups (broad SMARTS) is 1. The molecule has 8 nitrogen and oxygen atoms in total. The number of nitrogens with zero attached hydrogens (tertiary/aromatic N) is 1. The van der Waals surface area contributed by atoms with Crippen LogP contribution in [0.25, 0.3) is 11.1 Å². The monoisotopic (exact) mass is 492 g/mol. The molecule has 35 heavy (non-hydrogen) atoms. The van der Waals surface area contributed by atoms with Crippen molar-refractivity contribution in [2.45, 2.75) is 43.1 Å². The van der Waals surface area contributed by atoms with Crippen LogP contribution in [0, 0.1) is 0 Å². The van der Waals surface area contributed by atoms with E-state index in [1.807, 2.05) is 36.4 Å². The fourth-order valence-electron chi connectivity index (χ4n) is 4.64. The van der Waals surface area contributed by atoms with Crippen molar-refractivity contribution in [1.29, 1.82) is 0 Å². The molecule has 11 heteroatoms. The van der Waals surface area contributed by atoms with Crippen LogP contribution in [0.1, 0.15) is 30.4 Å². The number of alkyl halides is 3. The number of aliphatic hydroxyl groups excluding tert-OH is 1. The Balaban J connectivity index is 1.52. The van der Waals surface area contributed by atoms with Crippen molar-refractivity contribution < 1.29 is 42.5 Å².